The second-order valence-corrected chi connectivity index (χ2v) is 7.39. The van der Waals surface area contributed by atoms with E-state index in [2.05, 4.69) is 5.32 Å². The van der Waals surface area contributed by atoms with Crippen molar-refractivity contribution in [1.82, 2.24) is 5.32 Å². The molecule has 0 radical (unpaired) electrons. The molecule has 2 N–H and O–H groups in total. The summed E-state index contributed by atoms with van der Waals surface area (Å²) in [4.78, 5) is 25.5. The zero-order valence-electron chi connectivity index (χ0n) is 14.4. The zero-order valence-corrected chi connectivity index (χ0v) is 16.0. The van der Waals surface area contributed by atoms with E-state index in [1.54, 1.807) is 36.4 Å². The molecule has 1 amide bonds. The van der Waals surface area contributed by atoms with Crippen molar-refractivity contribution in [3.8, 4) is 10.4 Å². The number of amides is 1. The summed E-state index contributed by atoms with van der Waals surface area (Å²) in [7, 11) is 0. The molecule has 4 nitrogen and oxygen atoms in total. The Balaban J connectivity index is 1.84. The first-order valence-corrected chi connectivity index (χ1v) is 9.31. The van der Waals surface area contributed by atoms with Crippen molar-refractivity contribution in [1.29, 1.82) is 0 Å². The Bertz CT molecular complexity index is 1020. The molecule has 27 heavy (non-hydrogen) atoms. The lowest BCUT2D eigenvalue weighted by Gasteiger charge is -2.06. The Morgan fingerprint density at radius 1 is 1.04 bits per heavy atom. The standard InChI is InChI=1S/C21H16ClNO3S/c1-13-6-8-14(9-7-13)20(24)23-18(21(25)26)12-15-10-11-19(27-15)16-4-2-3-5-17(16)22/h2-12H,1H3,(H,23,24)(H,25,26)/b18-12+. The maximum Gasteiger partial charge on any atom is 0.352 e. The average molecular weight is 398 g/mol. The van der Waals surface area contributed by atoms with Gasteiger partial charge in [-0.05, 0) is 43.3 Å². The largest absolute Gasteiger partial charge is 0.477 e. The van der Waals surface area contributed by atoms with Gasteiger partial charge in [0.2, 0.25) is 0 Å². The van der Waals surface area contributed by atoms with E-state index in [4.69, 9.17) is 11.6 Å². The molecule has 0 saturated heterocycles. The van der Waals surface area contributed by atoms with Gasteiger partial charge < -0.3 is 10.4 Å². The number of carboxylic acid groups (broad SMARTS) is 1. The minimum atomic E-state index is -1.21. The van der Waals surface area contributed by atoms with Crippen LogP contribution >= 0.6 is 22.9 Å². The molecule has 0 fully saturated rings. The van der Waals surface area contributed by atoms with Gasteiger partial charge in [0.05, 0.1) is 0 Å². The van der Waals surface area contributed by atoms with Gasteiger partial charge in [-0.2, -0.15) is 0 Å². The fourth-order valence-corrected chi connectivity index (χ4v) is 3.71. The van der Waals surface area contributed by atoms with Crippen molar-refractivity contribution in [2.45, 2.75) is 6.92 Å². The van der Waals surface area contributed by atoms with E-state index in [1.165, 1.54) is 17.4 Å². The molecule has 2 aromatic carbocycles. The van der Waals surface area contributed by atoms with Crippen LogP contribution in [0.15, 0.2) is 66.4 Å². The molecule has 3 aromatic rings. The van der Waals surface area contributed by atoms with E-state index in [1.807, 2.05) is 31.2 Å². The van der Waals surface area contributed by atoms with Gasteiger partial charge in [-0.25, -0.2) is 4.79 Å². The van der Waals surface area contributed by atoms with Crippen molar-refractivity contribution in [3.63, 3.8) is 0 Å². The first-order valence-electron chi connectivity index (χ1n) is 8.12. The van der Waals surface area contributed by atoms with Crippen molar-refractivity contribution in [3.05, 3.63) is 87.4 Å². The molecular weight excluding hydrogens is 382 g/mol. The highest BCUT2D eigenvalue weighted by atomic mass is 35.5. The van der Waals surface area contributed by atoms with Crippen LogP contribution < -0.4 is 5.32 Å². The summed E-state index contributed by atoms with van der Waals surface area (Å²) in [5.41, 5.74) is 2.11. The van der Waals surface area contributed by atoms with E-state index >= 15 is 0 Å². The van der Waals surface area contributed by atoms with Crippen LogP contribution in [0.2, 0.25) is 5.02 Å². The van der Waals surface area contributed by atoms with Gasteiger partial charge in [-0.15, -0.1) is 11.3 Å². The van der Waals surface area contributed by atoms with Gasteiger partial charge in [0.25, 0.3) is 5.91 Å². The molecule has 0 unspecified atom stereocenters. The van der Waals surface area contributed by atoms with Crippen LogP contribution in [0.25, 0.3) is 16.5 Å². The van der Waals surface area contributed by atoms with E-state index in [-0.39, 0.29) is 5.70 Å². The molecular formula is C21H16ClNO3S. The van der Waals surface area contributed by atoms with Crippen molar-refractivity contribution >= 4 is 40.9 Å². The monoisotopic (exact) mass is 397 g/mol. The molecule has 0 saturated carbocycles. The second-order valence-electron chi connectivity index (χ2n) is 5.87. The van der Waals surface area contributed by atoms with Crippen molar-refractivity contribution < 1.29 is 14.7 Å². The van der Waals surface area contributed by atoms with Gasteiger partial charge in [0.15, 0.2) is 0 Å². The summed E-state index contributed by atoms with van der Waals surface area (Å²) < 4.78 is 0. The maximum atomic E-state index is 12.3. The molecule has 136 valence electrons. The summed E-state index contributed by atoms with van der Waals surface area (Å²) in [5.74, 6) is -1.67. The highest BCUT2D eigenvalue weighted by Crippen LogP contribution is 2.33. The zero-order chi connectivity index (χ0) is 19.4. The van der Waals surface area contributed by atoms with Gasteiger partial charge in [0, 0.05) is 25.9 Å². The number of carbonyl (C=O) groups is 2. The Morgan fingerprint density at radius 2 is 1.74 bits per heavy atom. The van der Waals surface area contributed by atoms with Gasteiger partial charge in [-0.3, -0.25) is 4.79 Å². The van der Waals surface area contributed by atoms with Gasteiger partial charge >= 0.3 is 5.97 Å². The summed E-state index contributed by atoms with van der Waals surface area (Å²) in [5, 5.41) is 12.5. The molecule has 0 aliphatic carbocycles. The van der Waals surface area contributed by atoms with E-state index in [0.29, 0.717) is 15.5 Å². The first kappa shape index (κ1) is 18.9. The van der Waals surface area contributed by atoms with Crippen molar-refractivity contribution in [2.75, 3.05) is 0 Å². The number of hydrogen-bond donors (Lipinski definition) is 2. The molecule has 0 aliphatic rings. The van der Waals surface area contributed by atoms with E-state index < -0.39 is 11.9 Å². The summed E-state index contributed by atoms with van der Waals surface area (Å²) in [6, 6.07) is 18.0. The third-order valence-corrected chi connectivity index (χ3v) is 5.24. The fraction of sp³-hybridized carbons (Fsp3) is 0.0476. The Morgan fingerprint density at radius 3 is 2.41 bits per heavy atom. The van der Waals surface area contributed by atoms with Gasteiger partial charge in [-0.1, -0.05) is 47.5 Å². The minimum absolute atomic E-state index is 0.187. The number of carbonyl (C=O) groups excluding carboxylic acids is 1. The number of aryl methyl sites for hydroxylation is 1. The molecule has 0 aliphatic heterocycles. The average Bonchev–Trinajstić information content (AvgIpc) is 3.10. The molecule has 6 heteroatoms. The lowest BCUT2D eigenvalue weighted by molar-refractivity contribution is -0.132. The number of rotatable bonds is 5. The van der Waals surface area contributed by atoms with Crippen molar-refractivity contribution in [2.24, 2.45) is 0 Å². The third kappa shape index (κ3) is 4.64. The fourth-order valence-electron chi connectivity index (χ4n) is 2.43. The molecule has 0 atom stereocenters. The maximum absolute atomic E-state index is 12.3. The quantitative estimate of drug-likeness (QED) is 0.579. The lowest BCUT2D eigenvalue weighted by Crippen LogP contribution is -2.27. The normalized spacial score (nSPS) is 11.3. The van der Waals surface area contributed by atoms with Crippen LogP contribution in [0.3, 0.4) is 0 Å². The highest BCUT2D eigenvalue weighted by molar-refractivity contribution is 7.16. The number of halogens is 1. The molecule has 1 heterocycles. The Kier molecular flexibility index (Phi) is 5.74. The summed E-state index contributed by atoms with van der Waals surface area (Å²) in [6.07, 6.45) is 1.44. The van der Waals surface area contributed by atoms with Crippen LogP contribution in [0.4, 0.5) is 0 Å². The second kappa shape index (κ2) is 8.20. The SMILES string of the molecule is Cc1ccc(C(=O)N/C(=C/c2ccc(-c3ccccc3Cl)s2)C(=O)O)cc1. The molecule has 0 spiro atoms. The third-order valence-electron chi connectivity index (χ3n) is 3.85. The van der Waals surface area contributed by atoms with E-state index in [0.717, 1.165) is 16.0 Å². The number of benzene rings is 2. The smallest absolute Gasteiger partial charge is 0.352 e. The molecule has 0 bridgehead atoms. The number of thiophene rings is 1. The first-order chi connectivity index (χ1) is 12.9. The Hall–Kier alpha value is -2.89. The van der Waals surface area contributed by atoms with Crippen LogP contribution in [0.5, 0.6) is 0 Å². The summed E-state index contributed by atoms with van der Waals surface area (Å²) >= 11 is 7.61. The number of hydrogen-bond acceptors (Lipinski definition) is 3. The number of carboxylic acids is 1. The number of nitrogens with one attached hydrogen (secondary N) is 1. The lowest BCUT2D eigenvalue weighted by atomic mass is 10.1. The van der Waals surface area contributed by atoms with Crippen LogP contribution in [-0.4, -0.2) is 17.0 Å². The predicted octanol–water partition coefficient (Wildman–Crippen LogP) is 5.23. The highest BCUT2D eigenvalue weighted by Gasteiger charge is 2.14. The van der Waals surface area contributed by atoms with Crippen LogP contribution in [0, 0.1) is 6.92 Å². The Labute approximate surface area is 165 Å². The minimum Gasteiger partial charge on any atom is -0.477 e. The van der Waals surface area contributed by atoms with Gasteiger partial charge in [0.1, 0.15) is 5.70 Å². The predicted molar refractivity (Wildman–Crippen MR) is 109 cm³/mol. The topological polar surface area (TPSA) is 66.4 Å². The van der Waals surface area contributed by atoms with Crippen LogP contribution in [-0.2, 0) is 4.79 Å². The summed E-state index contributed by atoms with van der Waals surface area (Å²) in [6.45, 7) is 1.91. The number of aliphatic carboxylic acids is 1. The molecule has 1 aromatic heterocycles. The molecule has 3 rings (SSSR count). The van der Waals surface area contributed by atoms with E-state index in [9.17, 15) is 14.7 Å². The van der Waals surface area contributed by atoms with Crippen LogP contribution in [0.1, 0.15) is 20.8 Å².